The van der Waals surface area contributed by atoms with Crippen molar-refractivity contribution in [1.29, 1.82) is 0 Å². The lowest BCUT2D eigenvalue weighted by atomic mass is 9.68. The largest absolute Gasteiger partial charge is 0.432 e. The molecule has 1 saturated heterocycles. The molecular weight excluding hydrogens is 499 g/mol. The highest BCUT2D eigenvalue weighted by Gasteiger charge is 2.45. The summed E-state index contributed by atoms with van der Waals surface area (Å²) >= 11 is 0. The van der Waals surface area contributed by atoms with Crippen LogP contribution in [0.3, 0.4) is 0 Å². The van der Waals surface area contributed by atoms with Crippen LogP contribution in [0.1, 0.15) is 94.8 Å². The normalized spacial score (nSPS) is 27.9. The Bertz CT molecular complexity index is 1070. The van der Waals surface area contributed by atoms with Crippen LogP contribution in [0.2, 0.25) is 0 Å². The van der Waals surface area contributed by atoms with Gasteiger partial charge in [0.15, 0.2) is 0 Å². The average molecular weight is 537 g/mol. The number of epoxide rings is 1. The van der Waals surface area contributed by atoms with Gasteiger partial charge >= 0.3 is 6.11 Å². The molecule has 1 atom stereocenters. The zero-order chi connectivity index (χ0) is 26.9. The van der Waals surface area contributed by atoms with Gasteiger partial charge in [-0.15, -0.1) is 0 Å². The molecule has 7 heteroatoms. The number of halogens is 5. The van der Waals surface area contributed by atoms with Crippen molar-refractivity contribution < 1.29 is 31.4 Å². The van der Waals surface area contributed by atoms with Crippen molar-refractivity contribution in [2.45, 2.75) is 89.8 Å². The molecule has 0 spiro atoms. The molecule has 0 amide bonds. The number of alkyl halides is 4. The number of hydrogen-bond donors (Lipinski definition) is 0. The molecule has 3 aliphatic rings. The third-order valence-electron chi connectivity index (χ3n) is 9.03. The van der Waals surface area contributed by atoms with Gasteiger partial charge in [0, 0.05) is 5.56 Å². The van der Waals surface area contributed by atoms with E-state index >= 15 is 8.78 Å². The van der Waals surface area contributed by atoms with E-state index in [1.54, 1.807) is 0 Å². The fourth-order valence-corrected chi connectivity index (χ4v) is 6.78. The molecule has 1 unspecified atom stereocenters. The molecule has 2 aromatic carbocycles. The summed E-state index contributed by atoms with van der Waals surface area (Å²) in [6.45, 7) is 2.54. The highest BCUT2D eigenvalue weighted by molar-refractivity contribution is 5.69. The lowest BCUT2D eigenvalue weighted by Gasteiger charge is -2.39. The van der Waals surface area contributed by atoms with Crippen LogP contribution >= 0.6 is 0 Å². The minimum Gasteiger partial charge on any atom is -0.432 e. The number of rotatable bonds is 9. The summed E-state index contributed by atoms with van der Waals surface area (Å²) in [7, 11) is 0. The second-order valence-electron chi connectivity index (χ2n) is 11.4. The SMILES string of the molecule is CCCC1CCC(C2CCC(C(F)(F)Oc3ccc(-c4ccc(C5CO5)c(F)c4C(F)F)cc3)CC2)CC1. The molecule has 1 aliphatic heterocycles. The van der Waals surface area contributed by atoms with Gasteiger partial charge in [0.05, 0.1) is 18.1 Å². The van der Waals surface area contributed by atoms with E-state index in [2.05, 4.69) is 6.92 Å². The first-order valence-corrected chi connectivity index (χ1v) is 14.2. The second kappa shape index (κ2) is 11.5. The molecule has 2 aromatic rings. The molecule has 1 heterocycles. The van der Waals surface area contributed by atoms with Crippen molar-refractivity contribution in [3.05, 3.63) is 53.3 Å². The Morgan fingerprint density at radius 1 is 0.895 bits per heavy atom. The standard InChI is InChI=1S/C31H37F5O2/c1-2-3-19-4-6-20(7-5-19)21-8-12-23(13-9-21)31(35,36)38-24-14-10-22(11-15-24)25-16-17-26(27-18-37-27)29(32)28(25)30(33)34/h10-11,14-17,19-21,23,27,30H,2-9,12-13,18H2,1H3. The quantitative estimate of drug-likeness (QED) is 0.235. The van der Waals surface area contributed by atoms with E-state index in [-0.39, 0.29) is 16.9 Å². The zero-order valence-electron chi connectivity index (χ0n) is 21.9. The maximum absolute atomic E-state index is 15.1. The summed E-state index contributed by atoms with van der Waals surface area (Å²) < 4.78 is 82.6. The van der Waals surface area contributed by atoms with Crippen molar-refractivity contribution >= 4 is 0 Å². The predicted molar refractivity (Wildman–Crippen MR) is 137 cm³/mol. The Morgan fingerprint density at radius 3 is 2.05 bits per heavy atom. The van der Waals surface area contributed by atoms with Gasteiger partial charge < -0.3 is 9.47 Å². The van der Waals surface area contributed by atoms with Crippen molar-refractivity contribution in [3.63, 3.8) is 0 Å². The fraction of sp³-hybridized carbons (Fsp3) is 0.613. The third kappa shape index (κ3) is 6.03. The number of benzene rings is 2. The van der Waals surface area contributed by atoms with Gasteiger partial charge in [-0.3, -0.25) is 0 Å². The minimum absolute atomic E-state index is 0.0299. The van der Waals surface area contributed by atoms with Crippen molar-refractivity contribution in [3.8, 4) is 16.9 Å². The molecule has 5 rings (SSSR count). The monoisotopic (exact) mass is 536 g/mol. The van der Waals surface area contributed by atoms with E-state index in [9.17, 15) is 13.2 Å². The Balaban J connectivity index is 1.19. The van der Waals surface area contributed by atoms with Crippen LogP contribution in [0.15, 0.2) is 36.4 Å². The first kappa shape index (κ1) is 27.4. The van der Waals surface area contributed by atoms with E-state index in [0.29, 0.717) is 36.8 Å². The maximum atomic E-state index is 15.1. The third-order valence-corrected chi connectivity index (χ3v) is 9.03. The van der Waals surface area contributed by atoms with Crippen LogP contribution in [-0.2, 0) is 4.74 Å². The van der Waals surface area contributed by atoms with Crippen LogP contribution in [0.4, 0.5) is 22.0 Å². The van der Waals surface area contributed by atoms with Crippen LogP contribution in [-0.4, -0.2) is 12.7 Å². The summed E-state index contributed by atoms with van der Waals surface area (Å²) in [6, 6.07) is 8.40. The van der Waals surface area contributed by atoms with Crippen molar-refractivity contribution in [1.82, 2.24) is 0 Å². The molecule has 0 radical (unpaired) electrons. The number of ether oxygens (including phenoxy) is 2. The first-order valence-electron chi connectivity index (χ1n) is 14.2. The Kier molecular flexibility index (Phi) is 8.32. The minimum atomic E-state index is -3.31. The molecule has 0 bridgehead atoms. The highest BCUT2D eigenvalue weighted by Crippen LogP contribution is 2.46. The van der Waals surface area contributed by atoms with Crippen LogP contribution < -0.4 is 4.74 Å². The molecule has 2 nitrogen and oxygen atoms in total. The molecule has 0 aromatic heterocycles. The van der Waals surface area contributed by atoms with E-state index in [1.807, 2.05) is 0 Å². The molecule has 2 aliphatic carbocycles. The van der Waals surface area contributed by atoms with Gasteiger partial charge in [-0.2, -0.15) is 8.78 Å². The van der Waals surface area contributed by atoms with Crippen LogP contribution in [0.25, 0.3) is 11.1 Å². The smallest absolute Gasteiger partial charge is 0.400 e. The average Bonchev–Trinajstić information content (AvgIpc) is 3.75. The van der Waals surface area contributed by atoms with Gasteiger partial charge in [0.2, 0.25) is 0 Å². The van der Waals surface area contributed by atoms with Gasteiger partial charge in [0.25, 0.3) is 6.43 Å². The zero-order valence-corrected chi connectivity index (χ0v) is 21.9. The van der Waals surface area contributed by atoms with Crippen molar-refractivity contribution in [2.24, 2.45) is 23.7 Å². The summed E-state index contributed by atoms with van der Waals surface area (Å²) in [5.41, 5.74) is -0.246. The Hall–Kier alpha value is -2.15. The maximum Gasteiger partial charge on any atom is 0.400 e. The summed E-state index contributed by atoms with van der Waals surface area (Å²) in [4.78, 5) is 0. The molecule has 3 fully saturated rings. The van der Waals surface area contributed by atoms with E-state index < -0.39 is 35.9 Å². The highest BCUT2D eigenvalue weighted by atomic mass is 19.3. The number of hydrogen-bond acceptors (Lipinski definition) is 2. The molecule has 2 saturated carbocycles. The van der Waals surface area contributed by atoms with E-state index in [0.717, 1.165) is 18.8 Å². The summed E-state index contributed by atoms with van der Waals surface area (Å²) in [5, 5.41) is 0. The Labute approximate surface area is 221 Å². The van der Waals surface area contributed by atoms with Gasteiger partial charge in [-0.05, 0) is 79.5 Å². The summed E-state index contributed by atoms with van der Waals surface area (Å²) in [5.74, 6) is 0.195. The first-order chi connectivity index (χ1) is 18.3. The van der Waals surface area contributed by atoms with Crippen LogP contribution in [0.5, 0.6) is 5.75 Å². The topological polar surface area (TPSA) is 21.8 Å². The lowest BCUT2D eigenvalue weighted by molar-refractivity contribution is -0.224. The lowest BCUT2D eigenvalue weighted by Crippen LogP contribution is -2.38. The predicted octanol–water partition coefficient (Wildman–Crippen LogP) is 9.89. The van der Waals surface area contributed by atoms with Gasteiger partial charge in [-0.25, -0.2) is 13.2 Å². The van der Waals surface area contributed by atoms with Gasteiger partial charge in [0.1, 0.15) is 17.7 Å². The molecular formula is C31H37F5O2. The Morgan fingerprint density at radius 2 is 1.50 bits per heavy atom. The second-order valence-corrected chi connectivity index (χ2v) is 11.4. The van der Waals surface area contributed by atoms with Gasteiger partial charge in [-0.1, -0.05) is 56.9 Å². The molecule has 208 valence electrons. The molecule has 0 N–H and O–H groups in total. The van der Waals surface area contributed by atoms with Crippen molar-refractivity contribution in [2.75, 3.05) is 6.61 Å². The fourth-order valence-electron chi connectivity index (χ4n) is 6.78. The van der Waals surface area contributed by atoms with Crippen LogP contribution in [0, 0.1) is 29.5 Å². The molecule has 38 heavy (non-hydrogen) atoms. The van der Waals surface area contributed by atoms with E-state index in [1.165, 1.54) is 74.9 Å². The van der Waals surface area contributed by atoms with E-state index in [4.69, 9.17) is 9.47 Å². The summed E-state index contributed by atoms with van der Waals surface area (Å²) in [6.07, 6.45) is 3.24.